The first-order valence-electron chi connectivity index (χ1n) is 46.4. The molecule has 0 N–H and O–H groups in total. The van der Waals surface area contributed by atoms with Crippen LogP contribution in [0.2, 0.25) is 0 Å². The van der Waals surface area contributed by atoms with E-state index in [4.69, 9.17) is 13.3 Å². The molecule has 4 heteroatoms. The monoisotopic (exact) mass is 1710 g/mol. The lowest BCUT2D eigenvalue weighted by Crippen LogP contribution is -1.90. The minimum Gasteiger partial charge on any atom is -0.455 e. The lowest BCUT2D eigenvalue weighted by molar-refractivity contribution is 0.669. The van der Waals surface area contributed by atoms with E-state index in [9.17, 15) is 0 Å². The Morgan fingerprint density at radius 3 is 0.815 bits per heavy atom. The fraction of sp³-hybridized carbons (Fsp3) is 0. The maximum Gasteiger partial charge on any atom is 0.143 e. The third-order valence-electron chi connectivity index (χ3n) is 28.8. The number of hydrogen-bond donors (Lipinski definition) is 0. The van der Waals surface area contributed by atoms with Gasteiger partial charge in [0.15, 0.2) is 0 Å². The molecule has 0 aliphatic heterocycles. The van der Waals surface area contributed by atoms with Gasteiger partial charge in [0.25, 0.3) is 0 Å². The van der Waals surface area contributed by atoms with Gasteiger partial charge >= 0.3 is 0 Å². The number of nitrogens with zero attached hydrogens (tertiary/aromatic N) is 1. The second-order valence-corrected chi connectivity index (χ2v) is 36.0. The van der Waals surface area contributed by atoms with Crippen molar-refractivity contribution in [2.75, 3.05) is 0 Å². The summed E-state index contributed by atoms with van der Waals surface area (Å²) in [5, 5.41) is 37.8. The minimum atomic E-state index is 0.923. The zero-order valence-electron chi connectivity index (χ0n) is 73.1. The topological polar surface area (TPSA) is 52.3 Å². The molecule has 0 bridgehead atoms. The van der Waals surface area contributed by atoms with Crippen LogP contribution >= 0.6 is 0 Å². The maximum absolute atomic E-state index is 6.36. The third-order valence-corrected chi connectivity index (χ3v) is 28.8. The van der Waals surface area contributed by atoms with E-state index in [0.29, 0.717) is 0 Å². The van der Waals surface area contributed by atoms with Crippen LogP contribution in [0.1, 0.15) is 0 Å². The molecule has 0 atom stereocenters. The number of aromatic nitrogens is 1. The summed E-state index contributed by atoms with van der Waals surface area (Å²) < 4.78 is 19.0. The molecule has 0 unspecified atom stereocenters. The van der Waals surface area contributed by atoms with Crippen LogP contribution in [0.3, 0.4) is 0 Å². The second-order valence-electron chi connectivity index (χ2n) is 36.0. The highest BCUT2D eigenvalue weighted by Crippen LogP contribution is 2.51. The van der Waals surface area contributed by atoms with Gasteiger partial charge in [0.05, 0.1) is 5.69 Å². The van der Waals surface area contributed by atoms with Crippen molar-refractivity contribution in [2.45, 2.75) is 0 Å². The molecule has 4 nitrogen and oxygen atoms in total. The predicted molar refractivity (Wildman–Crippen MR) is 572 cm³/mol. The van der Waals surface area contributed by atoms with E-state index in [-0.39, 0.29) is 0 Å². The Hall–Kier alpha value is -17.8. The summed E-state index contributed by atoms with van der Waals surface area (Å²) in [4.78, 5) is 4.65. The van der Waals surface area contributed by atoms with Gasteiger partial charge in [-0.25, -0.2) is 0 Å². The molecular weight excluding hydrogens is 1640 g/mol. The summed E-state index contributed by atoms with van der Waals surface area (Å²) in [6.45, 7) is 0. The first kappa shape index (κ1) is 76.1. The van der Waals surface area contributed by atoms with Crippen molar-refractivity contribution < 1.29 is 13.3 Å². The van der Waals surface area contributed by atoms with Crippen molar-refractivity contribution in [3.8, 4) is 100 Å². The smallest absolute Gasteiger partial charge is 0.143 e. The highest BCUT2D eigenvalue weighted by atomic mass is 16.3. The standard InChI is InChI=1S/C48H28O.C44H26O.C39H23NO/c1-2-9-34-33(8-1)28-44(38-11-4-3-10-37(34)38)39-25-21-32-22-26-41-35(24-20-31-23-27-42(39)47(32)46(31)41)29-16-18-30(19-17-29)36-13-7-14-43-40-12-5-6-15-45(40)49-48(36)43;1-2-7-32-26-33(17-12-27(32)6-1)35-23-19-31-20-24-38-34(22-18-30-21-25-39(35)43(31)42(30)38)28-13-15-29(16-14-28)36-9-5-10-40-37-8-3-4-11-41(37)45-44(36)40;1-2-10-36-31(6-1)34-8-5-7-29(39(34)41-36)25-13-11-24(12-14-25)28-19-15-26-18-22-33-30(35-9-3-4-23-40-35)20-16-27-17-21-32(28)37(26)38(27)33/h1-28H;1-26H;1-23H. The van der Waals surface area contributed by atoms with E-state index < -0.39 is 0 Å². The van der Waals surface area contributed by atoms with Gasteiger partial charge < -0.3 is 13.3 Å². The highest BCUT2D eigenvalue weighted by molar-refractivity contribution is 6.32. The summed E-state index contributed by atoms with van der Waals surface area (Å²) in [7, 11) is 0. The van der Waals surface area contributed by atoms with Crippen LogP contribution in [0.25, 0.3) is 295 Å². The molecule has 0 aliphatic carbocycles. The Balaban J connectivity index is 0.000000101. The van der Waals surface area contributed by atoms with Crippen molar-refractivity contribution in [3.63, 3.8) is 0 Å². The molecule has 0 amide bonds. The molecule has 0 radical (unpaired) electrons. The molecule has 30 rings (SSSR count). The van der Waals surface area contributed by atoms with Gasteiger partial charge in [-0.3, -0.25) is 4.98 Å². The first-order valence-corrected chi connectivity index (χ1v) is 46.4. The molecule has 0 saturated carbocycles. The number of fused-ring (bicyclic) bond motifs is 13. The Labute approximate surface area is 775 Å². The first-order chi connectivity index (χ1) is 66.9. The Bertz CT molecular complexity index is 10100. The van der Waals surface area contributed by atoms with E-state index >= 15 is 0 Å². The van der Waals surface area contributed by atoms with Crippen LogP contribution in [0, 0.1) is 0 Å². The van der Waals surface area contributed by atoms with Crippen LogP contribution in [-0.2, 0) is 0 Å². The highest BCUT2D eigenvalue weighted by Gasteiger charge is 2.24. The van der Waals surface area contributed by atoms with Gasteiger partial charge in [-0.15, -0.1) is 0 Å². The maximum atomic E-state index is 6.36. The van der Waals surface area contributed by atoms with E-state index in [1.807, 2.05) is 48.7 Å². The molecule has 135 heavy (non-hydrogen) atoms. The number of pyridine rings is 1. The normalized spacial score (nSPS) is 12.0. The van der Waals surface area contributed by atoms with Gasteiger partial charge in [0, 0.05) is 60.8 Å². The van der Waals surface area contributed by atoms with E-state index in [1.54, 1.807) is 0 Å². The van der Waals surface area contributed by atoms with Crippen molar-refractivity contribution in [3.05, 3.63) is 467 Å². The average Bonchev–Trinajstić information content (AvgIpc) is 1.73. The van der Waals surface area contributed by atoms with Crippen LogP contribution in [-0.4, -0.2) is 4.98 Å². The summed E-state index contributed by atoms with van der Waals surface area (Å²) in [6, 6.07) is 167. The van der Waals surface area contributed by atoms with Gasteiger partial charge in [-0.05, 0) is 244 Å². The largest absolute Gasteiger partial charge is 0.455 e. The average molecular weight is 1710 g/mol. The molecule has 0 saturated heterocycles. The van der Waals surface area contributed by atoms with Crippen LogP contribution in [0.5, 0.6) is 0 Å². The molecule has 30 aromatic rings. The van der Waals surface area contributed by atoms with Gasteiger partial charge in [-0.1, -0.05) is 419 Å². The fourth-order valence-electron chi connectivity index (χ4n) is 22.4. The summed E-state index contributed by atoms with van der Waals surface area (Å²) in [5.74, 6) is 0. The molecule has 0 aliphatic rings. The Morgan fingerprint density at radius 2 is 0.415 bits per heavy atom. The third kappa shape index (κ3) is 12.1. The lowest BCUT2D eigenvalue weighted by Gasteiger charge is -2.18. The SMILES string of the molecule is c1ccc(-c2ccc3ccc4c(-c5ccc(-c6cccc7c6oc6ccccc67)cc5)ccc5ccc2c3c54)nc1.c1ccc2c(c1)cc(-c1ccc3ccc4c(-c5ccc(-c6cccc7c6oc6ccccc67)cc5)ccc5ccc1c3c54)c1ccccc12.c1ccc2cc(-c3ccc4ccc5c(-c6ccc(-c7cccc8c7oc7ccccc78)cc6)ccc6ccc3c4c65)ccc2c1. The van der Waals surface area contributed by atoms with Crippen LogP contribution < -0.4 is 0 Å². The Morgan fingerprint density at radius 1 is 0.133 bits per heavy atom. The predicted octanol–water partition coefficient (Wildman–Crippen LogP) is 37.3. The number of hydrogen-bond acceptors (Lipinski definition) is 4. The summed E-state index contributed by atoms with van der Waals surface area (Å²) >= 11 is 0. The number of benzene rings is 26. The van der Waals surface area contributed by atoms with E-state index in [2.05, 4.69) is 424 Å². The molecule has 0 spiro atoms. The lowest BCUT2D eigenvalue weighted by atomic mass is 9.85. The molecule has 4 heterocycles. The van der Waals surface area contributed by atoms with Crippen molar-refractivity contribution in [2.24, 2.45) is 0 Å². The van der Waals surface area contributed by atoms with Gasteiger partial charge in [0.2, 0.25) is 0 Å². The Kier molecular flexibility index (Phi) is 17.1. The number of para-hydroxylation sites is 6. The van der Waals surface area contributed by atoms with Gasteiger partial charge in [-0.2, -0.15) is 0 Å². The molecule has 26 aromatic carbocycles. The molecule has 4 aromatic heterocycles. The molecule has 0 fully saturated rings. The van der Waals surface area contributed by atoms with Crippen molar-refractivity contribution in [1.82, 2.24) is 4.98 Å². The van der Waals surface area contributed by atoms with Gasteiger partial charge in [0.1, 0.15) is 33.5 Å². The van der Waals surface area contributed by atoms with Crippen LogP contribution in [0.15, 0.2) is 480 Å². The molecular formula is C131H77NO3. The number of rotatable bonds is 9. The van der Waals surface area contributed by atoms with E-state index in [1.165, 1.54) is 190 Å². The summed E-state index contributed by atoms with van der Waals surface area (Å²) in [5.41, 5.74) is 27.0. The number of furan rings is 3. The van der Waals surface area contributed by atoms with Crippen LogP contribution in [0.4, 0.5) is 0 Å². The quantitative estimate of drug-likeness (QED) is 0.135. The zero-order valence-corrected chi connectivity index (χ0v) is 73.1. The zero-order chi connectivity index (χ0) is 88.5. The molecule has 624 valence electrons. The minimum absolute atomic E-state index is 0.923. The van der Waals surface area contributed by atoms with E-state index in [0.717, 1.165) is 105 Å². The van der Waals surface area contributed by atoms with Crippen molar-refractivity contribution >= 4 is 195 Å². The fourth-order valence-corrected chi connectivity index (χ4v) is 22.4. The van der Waals surface area contributed by atoms with Crippen molar-refractivity contribution in [1.29, 1.82) is 0 Å². The second kappa shape index (κ2) is 30.4. The summed E-state index contributed by atoms with van der Waals surface area (Å²) in [6.07, 6.45) is 1.86.